The van der Waals surface area contributed by atoms with Gasteiger partial charge in [0.1, 0.15) is 11.8 Å². The Labute approximate surface area is 96.5 Å². The van der Waals surface area contributed by atoms with Crippen LogP contribution in [-0.2, 0) is 13.1 Å². The maximum atomic E-state index is 12.7. The number of aromatic nitrogens is 2. The van der Waals surface area contributed by atoms with Crippen LogP contribution in [0.5, 0.6) is 0 Å². The van der Waals surface area contributed by atoms with E-state index in [9.17, 15) is 8.78 Å². The van der Waals surface area contributed by atoms with Gasteiger partial charge >= 0.3 is 0 Å². The molecule has 1 heterocycles. The Morgan fingerprint density at radius 2 is 2.07 bits per heavy atom. The zero-order valence-corrected chi connectivity index (χ0v) is 9.84. The summed E-state index contributed by atoms with van der Waals surface area (Å²) in [5.41, 5.74) is 0.794. The number of rotatable bonds is 5. The molecule has 0 bridgehead atoms. The molecule has 0 aromatic carbocycles. The van der Waals surface area contributed by atoms with Gasteiger partial charge in [-0.25, -0.2) is 14.4 Å². The van der Waals surface area contributed by atoms with Crippen molar-refractivity contribution in [3.05, 3.63) is 16.4 Å². The second kappa shape index (κ2) is 6.23. The second-order valence-electron chi connectivity index (χ2n) is 2.85. The molecule has 1 rings (SSSR count). The highest BCUT2D eigenvalue weighted by molar-refractivity contribution is 7.98. The van der Waals surface area contributed by atoms with Crippen LogP contribution in [0, 0.1) is 0 Å². The Hall–Kier alpha value is -0.420. The molecule has 2 nitrogen and oxygen atoms in total. The zero-order valence-electron chi connectivity index (χ0n) is 8.26. The summed E-state index contributed by atoms with van der Waals surface area (Å²) in [6.45, 7) is -1.15. The molecule has 0 atom stereocenters. The zero-order chi connectivity index (χ0) is 11.3. The van der Waals surface area contributed by atoms with Crippen molar-refractivity contribution in [2.24, 2.45) is 0 Å². The van der Waals surface area contributed by atoms with Gasteiger partial charge in [-0.05, 0) is 19.1 Å². The number of alkyl halides is 2. The van der Waals surface area contributed by atoms with Crippen molar-refractivity contribution in [3.8, 4) is 0 Å². The average molecular weight is 253 g/mol. The Morgan fingerprint density at radius 3 is 2.60 bits per heavy atom. The van der Waals surface area contributed by atoms with Gasteiger partial charge in [0, 0.05) is 5.56 Å². The SMILES string of the molecule is CSc1nc(Cl)c(CCCF)c(CF)n1. The molecule has 0 N–H and O–H groups in total. The van der Waals surface area contributed by atoms with Gasteiger partial charge < -0.3 is 0 Å². The van der Waals surface area contributed by atoms with Gasteiger partial charge in [0.05, 0.1) is 12.4 Å². The summed E-state index contributed by atoms with van der Waals surface area (Å²) in [5.74, 6) is 0. The minimum Gasteiger partial charge on any atom is -0.251 e. The van der Waals surface area contributed by atoms with Crippen LogP contribution in [0.3, 0.4) is 0 Å². The van der Waals surface area contributed by atoms with E-state index in [2.05, 4.69) is 9.97 Å². The van der Waals surface area contributed by atoms with Crippen molar-refractivity contribution < 1.29 is 8.78 Å². The highest BCUT2D eigenvalue weighted by Crippen LogP contribution is 2.22. The minimum absolute atomic E-state index is 0.232. The smallest absolute Gasteiger partial charge is 0.189 e. The summed E-state index contributed by atoms with van der Waals surface area (Å²) in [4.78, 5) is 7.97. The first-order valence-corrected chi connectivity index (χ1v) is 6.04. The highest BCUT2D eigenvalue weighted by atomic mass is 35.5. The number of hydrogen-bond acceptors (Lipinski definition) is 3. The predicted molar refractivity (Wildman–Crippen MR) is 57.9 cm³/mol. The Balaban J connectivity index is 3.01. The lowest BCUT2D eigenvalue weighted by atomic mass is 10.1. The molecule has 15 heavy (non-hydrogen) atoms. The number of thioether (sulfide) groups is 1. The fourth-order valence-corrected chi connectivity index (χ4v) is 1.89. The molecule has 0 unspecified atom stereocenters. The molecule has 1 aromatic rings. The van der Waals surface area contributed by atoms with Crippen molar-refractivity contribution in [2.75, 3.05) is 12.9 Å². The van der Waals surface area contributed by atoms with Crippen LogP contribution in [0.25, 0.3) is 0 Å². The molecule has 0 aliphatic carbocycles. The fraction of sp³-hybridized carbons (Fsp3) is 0.556. The number of hydrogen-bond donors (Lipinski definition) is 0. The summed E-state index contributed by atoms with van der Waals surface area (Å²) < 4.78 is 24.7. The molecule has 84 valence electrons. The first-order chi connectivity index (χ1) is 7.22. The summed E-state index contributed by atoms with van der Waals surface area (Å²) >= 11 is 7.17. The van der Waals surface area contributed by atoms with Crippen LogP contribution in [-0.4, -0.2) is 22.9 Å². The Bertz CT molecular complexity index is 336. The van der Waals surface area contributed by atoms with E-state index < -0.39 is 13.3 Å². The fourth-order valence-electron chi connectivity index (χ4n) is 1.17. The van der Waals surface area contributed by atoms with Crippen molar-refractivity contribution in [1.82, 2.24) is 9.97 Å². The third-order valence-electron chi connectivity index (χ3n) is 1.89. The molecule has 1 aromatic heterocycles. The van der Waals surface area contributed by atoms with Crippen molar-refractivity contribution >= 4 is 23.4 Å². The lowest BCUT2D eigenvalue weighted by Crippen LogP contribution is -2.02. The largest absolute Gasteiger partial charge is 0.251 e. The summed E-state index contributed by atoms with van der Waals surface area (Å²) in [6, 6.07) is 0. The van der Waals surface area contributed by atoms with Crippen molar-refractivity contribution in [3.63, 3.8) is 0 Å². The van der Waals surface area contributed by atoms with E-state index >= 15 is 0 Å². The van der Waals surface area contributed by atoms with Gasteiger partial charge in [0.2, 0.25) is 0 Å². The van der Waals surface area contributed by atoms with Gasteiger partial charge in [-0.3, -0.25) is 4.39 Å². The molecular weight excluding hydrogens is 242 g/mol. The first-order valence-electron chi connectivity index (χ1n) is 4.44. The quantitative estimate of drug-likeness (QED) is 0.457. The van der Waals surface area contributed by atoms with Crippen LogP contribution >= 0.6 is 23.4 Å². The molecule has 0 radical (unpaired) electrons. The van der Waals surface area contributed by atoms with Gasteiger partial charge in [-0.15, -0.1) is 0 Å². The third-order valence-corrected chi connectivity index (χ3v) is 2.75. The first kappa shape index (κ1) is 12.6. The molecule has 0 saturated heterocycles. The summed E-state index contributed by atoms with van der Waals surface area (Å²) in [7, 11) is 0. The van der Waals surface area contributed by atoms with Crippen LogP contribution in [0.15, 0.2) is 5.16 Å². The van der Waals surface area contributed by atoms with E-state index in [4.69, 9.17) is 11.6 Å². The van der Waals surface area contributed by atoms with Gasteiger partial charge in [0.15, 0.2) is 5.16 Å². The van der Waals surface area contributed by atoms with Gasteiger partial charge in [-0.2, -0.15) is 0 Å². The average Bonchev–Trinajstić information content (AvgIpc) is 2.26. The van der Waals surface area contributed by atoms with E-state index in [1.807, 2.05) is 0 Å². The summed E-state index contributed by atoms with van der Waals surface area (Å²) in [5, 5.41) is 0.673. The number of halogens is 3. The molecule has 0 amide bonds. The van der Waals surface area contributed by atoms with Crippen LogP contribution in [0.2, 0.25) is 5.15 Å². The van der Waals surface area contributed by atoms with Crippen LogP contribution in [0.4, 0.5) is 8.78 Å². The predicted octanol–water partition coefficient (Wildman–Crippen LogP) is 3.22. The lowest BCUT2D eigenvalue weighted by Gasteiger charge is -2.08. The normalized spacial score (nSPS) is 10.7. The van der Waals surface area contributed by atoms with E-state index in [1.165, 1.54) is 11.8 Å². The number of nitrogens with zero attached hydrogens (tertiary/aromatic N) is 2. The molecule has 6 heteroatoms. The second-order valence-corrected chi connectivity index (χ2v) is 3.98. The van der Waals surface area contributed by atoms with Crippen LogP contribution in [0.1, 0.15) is 17.7 Å². The molecule has 0 fully saturated rings. The maximum Gasteiger partial charge on any atom is 0.189 e. The lowest BCUT2D eigenvalue weighted by molar-refractivity contribution is 0.456. The molecule has 0 aliphatic rings. The highest BCUT2D eigenvalue weighted by Gasteiger charge is 2.12. The topological polar surface area (TPSA) is 25.8 Å². The molecule has 0 saturated carbocycles. The maximum absolute atomic E-state index is 12.7. The van der Waals surface area contributed by atoms with Crippen molar-refractivity contribution in [2.45, 2.75) is 24.7 Å². The van der Waals surface area contributed by atoms with E-state index in [1.54, 1.807) is 6.26 Å². The molecule has 0 aliphatic heterocycles. The van der Waals surface area contributed by atoms with Crippen molar-refractivity contribution in [1.29, 1.82) is 0 Å². The van der Waals surface area contributed by atoms with Gasteiger partial charge in [0.25, 0.3) is 0 Å². The Morgan fingerprint density at radius 1 is 1.33 bits per heavy atom. The molecular formula is C9H11ClF2N2S. The van der Waals surface area contributed by atoms with E-state index in [0.717, 1.165) is 0 Å². The van der Waals surface area contributed by atoms with Crippen LogP contribution < -0.4 is 0 Å². The third kappa shape index (κ3) is 3.28. The summed E-state index contributed by atoms with van der Waals surface area (Å²) in [6.07, 6.45) is 2.48. The minimum atomic E-state index is -0.697. The monoisotopic (exact) mass is 252 g/mol. The van der Waals surface area contributed by atoms with E-state index in [-0.39, 0.29) is 10.8 Å². The standard InChI is InChI=1S/C9H11ClF2N2S/c1-15-9-13-7(5-12)6(3-2-4-11)8(10)14-9/h2-5H2,1H3. The molecule has 0 spiro atoms. The Kier molecular flexibility index (Phi) is 5.25. The van der Waals surface area contributed by atoms with Gasteiger partial charge in [-0.1, -0.05) is 23.4 Å². The van der Waals surface area contributed by atoms with E-state index in [0.29, 0.717) is 23.6 Å².